The van der Waals surface area contributed by atoms with E-state index in [9.17, 15) is 0 Å². The van der Waals surface area contributed by atoms with Crippen LogP contribution in [0.2, 0.25) is 5.15 Å². The van der Waals surface area contributed by atoms with E-state index in [4.69, 9.17) is 11.6 Å². The molecule has 3 aromatic rings. The summed E-state index contributed by atoms with van der Waals surface area (Å²) < 4.78 is 0. The van der Waals surface area contributed by atoms with Gasteiger partial charge >= 0.3 is 0 Å². The van der Waals surface area contributed by atoms with Gasteiger partial charge in [-0.2, -0.15) is 0 Å². The van der Waals surface area contributed by atoms with Gasteiger partial charge < -0.3 is 5.32 Å². The molecule has 22 heavy (non-hydrogen) atoms. The summed E-state index contributed by atoms with van der Waals surface area (Å²) in [5.74, 6) is 1.35. The second kappa shape index (κ2) is 6.58. The minimum absolute atomic E-state index is 0.431. The van der Waals surface area contributed by atoms with Gasteiger partial charge in [-0.05, 0) is 12.5 Å². The molecule has 0 aliphatic rings. The third-order valence-electron chi connectivity index (χ3n) is 3.28. The fraction of sp³-hybridized carbons (Fsp3) is 0.111. The van der Waals surface area contributed by atoms with Crippen molar-refractivity contribution in [1.82, 2.24) is 9.97 Å². The first-order valence-electron chi connectivity index (χ1n) is 7.10. The van der Waals surface area contributed by atoms with E-state index in [1.54, 1.807) is 6.07 Å². The first-order chi connectivity index (χ1) is 10.7. The topological polar surface area (TPSA) is 37.8 Å². The van der Waals surface area contributed by atoms with Crippen molar-refractivity contribution in [1.29, 1.82) is 0 Å². The van der Waals surface area contributed by atoms with E-state index in [1.165, 1.54) is 11.1 Å². The van der Waals surface area contributed by atoms with Crippen LogP contribution in [-0.2, 0) is 6.54 Å². The van der Waals surface area contributed by atoms with Crippen LogP contribution < -0.4 is 5.32 Å². The lowest BCUT2D eigenvalue weighted by molar-refractivity contribution is 1.08. The minimum Gasteiger partial charge on any atom is -0.366 e. The second-order valence-corrected chi connectivity index (χ2v) is 5.50. The molecular weight excluding hydrogens is 294 g/mol. The molecule has 0 saturated heterocycles. The summed E-state index contributed by atoms with van der Waals surface area (Å²) in [4.78, 5) is 8.82. The number of hydrogen-bond donors (Lipinski definition) is 1. The number of hydrogen-bond acceptors (Lipinski definition) is 3. The molecule has 0 fully saturated rings. The first-order valence-corrected chi connectivity index (χ1v) is 7.48. The quantitative estimate of drug-likeness (QED) is 0.709. The highest BCUT2D eigenvalue weighted by atomic mass is 35.5. The third-order valence-corrected chi connectivity index (χ3v) is 3.48. The predicted octanol–water partition coefficient (Wildman–Crippen LogP) is 4.72. The summed E-state index contributed by atoms with van der Waals surface area (Å²) in [6.07, 6.45) is 0. The molecular formula is C18H16ClN3. The number of rotatable bonds is 4. The van der Waals surface area contributed by atoms with Gasteiger partial charge in [0.1, 0.15) is 11.0 Å². The Balaban J connectivity index is 1.81. The highest BCUT2D eigenvalue weighted by molar-refractivity contribution is 6.29. The standard InChI is InChI=1S/C18H16ClN3/c1-13-6-5-7-14(10-13)12-20-17-11-16(19)21-18(22-17)15-8-3-2-4-9-15/h2-11H,12H2,1H3,(H,20,21,22). The summed E-state index contributed by atoms with van der Waals surface area (Å²) in [7, 11) is 0. The zero-order valence-corrected chi connectivity index (χ0v) is 13.0. The Morgan fingerprint density at radius 2 is 1.77 bits per heavy atom. The third kappa shape index (κ3) is 3.62. The van der Waals surface area contributed by atoms with Crippen LogP contribution in [0.25, 0.3) is 11.4 Å². The Hall–Kier alpha value is -2.39. The minimum atomic E-state index is 0.431. The van der Waals surface area contributed by atoms with E-state index in [0.717, 1.165) is 11.4 Å². The summed E-state index contributed by atoms with van der Waals surface area (Å²) in [5.41, 5.74) is 3.39. The van der Waals surface area contributed by atoms with E-state index >= 15 is 0 Å². The van der Waals surface area contributed by atoms with Gasteiger partial charge in [0.2, 0.25) is 0 Å². The monoisotopic (exact) mass is 309 g/mol. The van der Waals surface area contributed by atoms with Crippen LogP contribution in [0.1, 0.15) is 11.1 Å². The van der Waals surface area contributed by atoms with E-state index in [1.807, 2.05) is 30.3 Å². The van der Waals surface area contributed by atoms with Crippen molar-refractivity contribution >= 4 is 17.4 Å². The van der Waals surface area contributed by atoms with Gasteiger partial charge in [0.15, 0.2) is 5.82 Å². The normalized spacial score (nSPS) is 10.5. The largest absolute Gasteiger partial charge is 0.366 e. The maximum absolute atomic E-state index is 6.12. The van der Waals surface area contributed by atoms with Crippen LogP contribution in [0.15, 0.2) is 60.7 Å². The highest BCUT2D eigenvalue weighted by Gasteiger charge is 2.05. The molecule has 2 aromatic carbocycles. The van der Waals surface area contributed by atoms with Gasteiger partial charge in [-0.3, -0.25) is 0 Å². The Bertz CT molecular complexity index is 772. The van der Waals surface area contributed by atoms with Crippen molar-refractivity contribution in [2.24, 2.45) is 0 Å². The SMILES string of the molecule is Cc1cccc(CNc2cc(Cl)nc(-c3ccccc3)n2)c1. The van der Waals surface area contributed by atoms with Crippen LogP contribution in [0.4, 0.5) is 5.82 Å². The van der Waals surface area contributed by atoms with Crippen molar-refractivity contribution in [2.45, 2.75) is 13.5 Å². The second-order valence-electron chi connectivity index (χ2n) is 5.11. The van der Waals surface area contributed by atoms with Crippen LogP contribution in [0.5, 0.6) is 0 Å². The first kappa shape index (κ1) is 14.5. The molecule has 110 valence electrons. The van der Waals surface area contributed by atoms with Crippen LogP contribution in [-0.4, -0.2) is 9.97 Å². The van der Waals surface area contributed by atoms with Gasteiger partial charge in [-0.25, -0.2) is 9.97 Å². The molecule has 0 atom stereocenters. The molecule has 0 unspecified atom stereocenters. The smallest absolute Gasteiger partial charge is 0.163 e. The molecule has 0 radical (unpaired) electrons. The number of anilines is 1. The summed E-state index contributed by atoms with van der Waals surface area (Å²) in [5, 5.41) is 3.73. The van der Waals surface area contributed by atoms with Gasteiger partial charge in [-0.1, -0.05) is 71.8 Å². The lowest BCUT2D eigenvalue weighted by Gasteiger charge is -2.08. The van der Waals surface area contributed by atoms with Crippen LogP contribution in [0.3, 0.4) is 0 Å². The molecule has 0 bridgehead atoms. The lowest BCUT2D eigenvalue weighted by Crippen LogP contribution is -2.03. The fourth-order valence-electron chi connectivity index (χ4n) is 2.24. The highest BCUT2D eigenvalue weighted by Crippen LogP contribution is 2.20. The molecule has 0 aliphatic carbocycles. The maximum atomic E-state index is 6.12. The van der Waals surface area contributed by atoms with E-state index in [2.05, 4.69) is 46.5 Å². The van der Waals surface area contributed by atoms with Crippen LogP contribution >= 0.6 is 11.6 Å². The van der Waals surface area contributed by atoms with Crippen molar-refractivity contribution in [3.8, 4) is 11.4 Å². The maximum Gasteiger partial charge on any atom is 0.163 e. The van der Waals surface area contributed by atoms with Crippen molar-refractivity contribution in [3.05, 3.63) is 76.9 Å². The molecule has 1 N–H and O–H groups in total. The zero-order valence-electron chi connectivity index (χ0n) is 12.3. The Morgan fingerprint density at radius 1 is 0.955 bits per heavy atom. The van der Waals surface area contributed by atoms with E-state index in [0.29, 0.717) is 17.5 Å². The summed E-state index contributed by atoms with van der Waals surface area (Å²) in [6, 6.07) is 19.9. The number of halogens is 1. The molecule has 1 heterocycles. The van der Waals surface area contributed by atoms with E-state index < -0.39 is 0 Å². The predicted molar refractivity (Wildman–Crippen MR) is 91.0 cm³/mol. The molecule has 0 saturated carbocycles. The fourth-order valence-corrected chi connectivity index (χ4v) is 2.42. The van der Waals surface area contributed by atoms with E-state index in [-0.39, 0.29) is 0 Å². The molecule has 0 aliphatic heterocycles. The molecule has 4 heteroatoms. The average molecular weight is 310 g/mol. The Morgan fingerprint density at radius 3 is 2.55 bits per heavy atom. The lowest BCUT2D eigenvalue weighted by atomic mass is 10.1. The molecule has 3 rings (SSSR count). The number of aryl methyl sites for hydroxylation is 1. The van der Waals surface area contributed by atoms with Crippen molar-refractivity contribution < 1.29 is 0 Å². The van der Waals surface area contributed by atoms with Gasteiger partial charge in [0, 0.05) is 18.2 Å². The molecule has 0 spiro atoms. The Kier molecular flexibility index (Phi) is 4.35. The number of nitrogens with zero attached hydrogens (tertiary/aromatic N) is 2. The average Bonchev–Trinajstić information content (AvgIpc) is 2.53. The molecule has 1 aromatic heterocycles. The van der Waals surface area contributed by atoms with Crippen molar-refractivity contribution in [2.75, 3.05) is 5.32 Å². The van der Waals surface area contributed by atoms with Gasteiger partial charge in [0.25, 0.3) is 0 Å². The molecule has 0 amide bonds. The number of aromatic nitrogens is 2. The van der Waals surface area contributed by atoms with Gasteiger partial charge in [0.05, 0.1) is 0 Å². The van der Waals surface area contributed by atoms with Crippen molar-refractivity contribution in [3.63, 3.8) is 0 Å². The molecule has 3 nitrogen and oxygen atoms in total. The summed E-state index contributed by atoms with van der Waals surface area (Å²) in [6.45, 7) is 2.78. The number of nitrogens with one attached hydrogen (secondary N) is 1. The zero-order chi connectivity index (χ0) is 15.4. The number of benzene rings is 2. The van der Waals surface area contributed by atoms with Crippen LogP contribution in [0, 0.1) is 6.92 Å². The van der Waals surface area contributed by atoms with Gasteiger partial charge in [-0.15, -0.1) is 0 Å². The Labute approximate surface area is 135 Å². The summed E-state index contributed by atoms with van der Waals surface area (Å²) >= 11 is 6.12.